The van der Waals surface area contributed by atoms with Crippen LogP contribution in [0.3, 0.4) is 0 Å². The fourth-order valence-corrected chi connectivity index (χ4v) is 1.56. The molecule has 4 nitrogen and oxygen atoms in total. The summed E-state index contributed by atoms with van der Waals surface area (Å²) in [5, 5.41) is 7.49. The minimum atomic E-state index is -0.405. The highest BCUT2D eigenvalue weighted by Crippen LogP contribution is 2.12. The SMILES string of the molecule is NC(=O)c1ccccc1Cc1ccnnc1. The maximum Gasteiger partial charge on any atom is 0.248 e. The van der Waals surface area contributed by atoms with E-state index in [9.17, 15) is 4.79 Å². The number of nitrogens with two attached hydrogens (primary N) is 1. The van der Waals surface area contributed by atoms with E-state index in [4.69, 9.17) is 5.73 Å². The summed E-state index contributed by atoms with van der Waals surface area (Å²) < 4.78 is 0. The van der Waals surface area contributed by atoms with E-state index in [1.807, 2.05) is 18.2 Å². The molecule has 0 unspecified atom stereocenters. The Balaban J connectivity index is 2.31. The first-order valence-corrected chi connectivity index (χ1v) is 4.90. The summed E-state index contributed by atoms with van der Waals surface area (Å²) in [7, 11) is 0. The maximum absolute atomic E-state index is 11.2. The van der Waals surface area contributed by atoms with Crippen LogP contribution in [0, 0.1) is 0 Å². The van der Waals surface area contributed by atoms with Crippen molar-refractivity contribution in [2.24, 2.45) is 5.73 Å². The third-order valence-corrected chi connectivity index (χ3v) is 2.32. The van der Waals surface area contributed by atoms with Crippen molar-refractivity contribution < 1.29 is 4.79 Å². The van der Waals surface area contributed by atoms with Gasteiger partial charge in [0, 0.05) is 11.8 Å². The molecule has 0 bridgehead atoms. The largest absolute Gasteiger partial charge is 0.366 e. The van der Waals surface area contributed by atoms with Gasteiger partial charge in [0.2, 0.25) is 5.91 Å². The molecular formula is C12H11N3O. The van der Waals surface area contributed by atoms with Crippen LogP contribution in [0.1, 0.15) is 21.5 Å². The van der Waals surface area contributed by atoms with Gasteiger partial charge in [-0.3, -0.25) is 4.79 Å². The smallest absolute Gasteiger partial charge is 0.248 e. The molecule has 0 aliphatic carbocycles. The van der Waals surface area contributed by atoms with Gasteiger partial charge in [0.25, 0.3) is 0 Å². The summed E-state index contributed by atoms with van der Waals surface area (Å²) in [5.74, 6) is -0.405. The fraction of sp³-hybridized carbons (Fsp3) is 0.0833. The Labute approximate surface area is 93.1 Å². The van der Waals surface area contributed by atoms with Crippen molar-refractivity contribution in [3.8, 4) is 0 Å². The lowest BCUT2D eigenvalue weighted by molar-refractivity contribution is 0.0999. The second kappa shape index (κ2) is 4.53. The van der Waals surface area contributed by atoms with Gasteiger partial charge in [-0.15, -0.1) is 0 Å². The van der Waals surface area contributed by atoms with Crippen LogP contribution in [0.4, 0.5) is 0 Å². The minimum Gasteiger partial charge on any atom is -0.366 e. The third-order valence-electron chi connectivity index (χ3n) is 2.32. The van der Waals surface area contributed by atoms with Crippen molar-refractivity contribution in [2.75, 3.05) is 0 Å². The quantitative estimate of drug-likeness (QED) is 0.832. The molecular weight excluding hydrogens is 202 g/mol. The number of carbonyl (C=O) groups excluding carboxylic acids is 1. The molecule has 0 saturated carbocycles. The van der Waals surface area contributed by atoms with E-state index in [2.05, 4.69) is 10.2 Å². The van der Waals surface area contributed by atoms with Crippen molar-refractivity contribution in [2.45, 2.75) is 6.42 Å². The van der Waals surface area contributed by atoms with Gasteiger partial charge in [0.1, 0.15) is 0 Å². The maximum atomic E-state index is 11.2. The molecule has 1 heterocycles. The zero-order valence-electron chi connectivity index (χ0n) is 8.63. The van der Waals surface area contributed by atoms with Crippen LogP contribution in [-0.4, -0.2) is 16.1 Å². The van der Waals surface area contributed by atoms with Gasteiger partial charge in [-0.2, -0.15) is 10.2 Å². The van der Waals surface area contributed by atoms with Crippen molar-refractivity contribution in [1.82, 2.24) is 10.2 Å². The number of amides is 1. The molecule has 0 atom stereocenters. The van der Waals surface area contributed by atoms with Crippen molar-refractivity contribution in [3.63, 3.8) is 0 Å². The molecule has 16 heavy (non-hydrogen) atoms. The minimum absolute atomic E-state index is 0.405. The van der Waals surface area contributed by atoms with E-state index >= 15 is 0 Å². The lowest BCUT2D eigenvalue weighted by atomic mass is 10.0. The second-order valence-corrected chi connectivity index (χ2v) is 3.45. The zero-order chi connectivity index (χ0) is 11.4. The highest BCUT2D eigenvalue weighted by molar-refractivity contribution is 5.94. The van der Waals surface area contributed by atoms with Gasteiger partial charge in [0.15, 0.2) is 0 Å². The lowest BCUT2D eigenvalue weighted by Crippen LogP contribution is -2.13. The Hall–Kier alpha value is -2.23. The molecule has 1 aromatic carbocycles. The summed E-state index contributed by atoms with van der Waals surface area (Å²) in [6.45, 7) is 0. The first-order chi connectivity index (χ1) is 7.77. The molecule has 0 spiro atoms. The summed E-state index contributed by atoms with van der Waals surface area (Å²) in [5.41, 5.74) is 7.77. The Morgan fingerprint density at radius 1 is 1.19 bits per heavy atom. The molecule has 2 rings (SSSR count). The number of primary amides is 1. The molecule has 0 radical (unpaired) electrons. The number of aromatic nitrogens is 2. The predicted octanol–water partition coefficient (Wildman–Crippen LogP) is 1.17. The summed E-state index contributed by atoms with van der Waals surface area (Å²) >= 11 is 0. The van der Waals surface area contributed by atoms with Crippen LogP contribution in [0.15, 0.2) is 42.7 Å². The van der Waals surface area contributed by atoms with E-state index < -0.39 is 5.91 Å². The van der Waals surface area contributed by atoms with Crippen molar-refractivity contribution in [1.29, 1.82) is 0 Å². The van der Waals surface area contributed by atoms with E-state index in [0.717, 1.165) is 11.1 Å². The average molecular weight is 213 g/mol. The van der Waals surface area contributed by atoms with Gasteiger partial charge in [-0.05, 0) is 29.7 Å². The molecule has 0 fully saturated rings. The molecule has 4 heteroatoms. The summed E-state index contributed by atoms with van der Waals surface area (Å²) in [6, 6.07) is 9.17. The third kappa shape index (κ3) is 2.23. The molecule has 1 amide bonds. The Kier molecular flexibility index (Phi) is 2.91. The topological polar surface area (TPSA) is 68.9 Å². The van der Waals surface area contributed by atoms with Crippen LogP contribution < -0.4 is 5.73 Å². The van der Waals surface area contributed by atoms with E-state index in [1.54, 1.807) is 24.5 Å². The number of hydrogen-bond donors (Lipinski definition) is 1. The van der Waals surface area contributed by atoms with Gasteiger partial charge < -0.3 is 5.73 Å². The fourth-order valence-electron chi connectivity index (χ4n) is 1.56. The molecule has 1 aromatic heterocycles. The summed E-state index contributed by atoms with van der Waals surface area (Å²) in [4.78, 5) is 11.2. The number of benzene rings is 1. The van der Waals surface area contributed by atoms with Crippen molar-refractivity contribution >= 4 is 5.91 Å². The molecule has 80 valence electrons. The van der Waals surface area contributed by atoms with Crippen LogP contribution in [-0.2, 0) is 6.42 Å². The number of rotatable bonds is 3. The van der Waals surface area contributed by atoms with Gasteiger partial charge >= 0.3 is 0 Å². The lowest BCUT2D eigenvalue weighted by Gasteiger charge is -2.05. The molecule has 0 aliphatic heterocycles. The standard InChI is InChI=1S/C12H11N3O/c13-12(16)11-4-2-1-3-10(11)7-9-5-6-14-15-8-9/h1-6,8H,7H2,(H2,13,16). The molecule has 2 N–H and O–H groups in total. The van der Waals surface area contributed by atoms with Crippen molar-refractivity contribution in [3.05, 3.63) is 59.4 Å². The number of carbonyl (C=O) groups is 1. The average Bonchev–Trinajstić information content (AvgIpc) is 2.31. The molecule has 0 aliphatic rings. The highest BCUT2D eigenvalue weighted by atomic mass is 16.1. The number of hydrogen-bond acceptors (Lipinski definition) is 3. The Morgan fingerprint density at radius 3 is 2.69 bits per heavy atom. The highest BCUT2D eigenvalue weighted by Gasteiger charge is 2.07. The van der Waals surface area contributed by atoms with Crippen LogP contribution in [0.5, 0.6) is 0 Å². The molecule has 2 aromatic rings. The van der Waals surface area contributed by atoms with Gasteiger partial charge in [-0.1, -0.05) is 18.2 Å². The first kappa shape index (κ1) is 10.3. The Morgan fingerprint density at radius 2 is 2.00 bits per heavy atom. The van der Waals surface area contributed by atoms with Crippen LogP contribution >= 0.6 is 0 Å². The number of nitrogens with zero attached hydrogens (tertiary/aromatic N) is 2. The normalized spacial score (nSPS) is 10.0. The summed E-state index contributed by atoms with van der Waals surface area (Å²) in [6.07, 6.45) is 3.94. The second-order valence-electron chi connectivity index (χ2n) is 3.45. The first-order valence-electron chi connectivity index (χ1n) is 4.90. The van der Waals surface area contributed by atoms with Gasteiger partial charge in [0.05, 0.1) is 6.20 Å². The van der Waals surface area contributed by atoms with Crippen LogP contribution in [0.25, 0.3) is 0 Å². The van der Waals surface area contributed by atoms with Crippen LogP contribution in [0.2, 0.25) is 0 Å². The molecule has 0 saturated heterocycles. The van der Waals surface area contributed by atoms with E-state index in [0.29, 0.717) is 12.0 Å². The Bertz CT molecular complexity index is 497. The zero-order valence-corrected chi connectivity index (χ0v) is 8.63. The van der Waals surface area contributed by atoms with E-state index in [1.165, 1.54) is 0 Å². The monoisotopic (exact) mass is 213 g/mol. The predicted molar refractivity (Wildman–Crippen MR) is 59.8 cm³/mol. The van der Waals surface area contributed by atoms with E-state index in [-0.39, 0.29) is 0 Å². The van der Waals surface area contributed by atoms with Gasteiger partial charge in [-0.25, -0.2) is 0 Å².